The van der Waals surface area contributed by atoms with Crippen LogP contribution >= 0.6 is 11.6 Å². The maximum atomic E-state index is 6.19. The van der Waals surface area contributed by atoms with Gasteiger partial charge >= 0.3 is 0 Å². The minimum atomic E-state index is 0.436. The zero-order chi connectivity index (χ0) is 13.7. The van der Waals surface area contributed by atoms with Crippen LogP contribution in [-0.4, -0.2) is 6.54 Å². The molecule has 2 heteroatoms. The zero-order valence-corrected chi connectivity index (χ0v) is 13.1. The molecule has 0 aliphatic rings. The molecule has 0 fully saturated rings. The highest BCUT2D eigenvalue weighted by molar-refractivity contribution is 6.31. The molecular weight excluding hydrogens is 242 g/mol. The third-order valence-electron chi connectivity index (χ3n) is 3.62. The molecule has 0 bridgehead atoms. The summed E-state index contributed by atoms with van der Waals surface area (Å²) in [7, 11) is 0. The summed E-state index contributed by atoms with van der Waals surface area (Å²) < 4.78 is 0. The molecule has 0 saturated carbocycles. The van der Waals surface area contributed by atoms with Crippen LogP contribution < -0.4 is 5.32 Å². The maximum absolute atomic E-state index is 6.19. The molecule has 0 saturated heterocycles. The second-order valence-corrected chi connectivity index (χ2v) is 5.67. The van der Waals surface area contributed by atoms with Gasteiger partial charge in [-0.15, -0.1) is 0 Å². The normalized spacial score (nSPS) is 14.6. The van der Waals surface area contributed by atoms with Gasteiger partial charge in [-0.05, 0) is 55.5 Å². The van der Waals surface area contributed by atoms with Crippen molar-refractivity contribution in [1.82, 2.24) is 5.32 Å². The third kappa shape index (κ3) is 3.73. The van der Waals surface area contributed by atoms with E-state index in [1.807, 2.05) is 0 Å². The van der Waals surface area contributed by atoms with E-state index in [1.165, 1.54) is 29.5 Å². The molecule has 0 aliphatic carbocycles. The minimum absolute atomic E-state index is 0.436. The standard InChI is InChI=1S/C16H26ClN/c1-6-8-11(3)16(18-7-2)14-9-13(5)15(17)10-12(14)4/h9-11,16,18H,6-8H2,1-5H3. The molecule has 0 aromatic heterocycles. The van der Waals surface area contributed by atoms with Gasteiger partial charge in [-0.3, -0.25) is 0 Å². The van der Waals surface area contributed by atoms with E-state index in [1.54, 1.807) is 0 Å². The lowest BCUT2D eigenvalue weighted by molar-refractivity contribution is 0.368. The van der Waals surface area contributed by atoms with Gasteiger partial charge in [-0.2, -0.15) is 0 Å². The summed E-state index contributed by atoms with van der Waals surface area (Å²) in [4.78, 5) is 0. The lowest BCUT2D eigenvalue weighted by Gasteiger charge is -2.27. The second-order valence-electron chi connectivity index (χ2n) is 5.26. The summed E-state index contributed by atoms with van der Waals surface area (Å²) in [6, 6.07) is 4.78. The molecule has 1 rings (SSSR count). The number of nitrogens with one attached hydrogen (secondary N) is 1. The van der Waals surface area contributed by atoms with Gasteiger partial charge in [0.2, 0.25) is 0 Å². The number of benzene rings is 1. The number of hydrogen-bond acceptors (Lipinski definition) is 1. The number of halogens is 1. The predicted molar refractivity (Wildman–Crippen MR) is 81.4 cm³/mol. The largest absolute Gasteiger partial charge is 0.310 e. The average Bonchev–Trinajstić information content (AvgIpc) is 2.31. The van der Waals surface area contributed by atoms with Gasteiger partial charge in [-0.1, -0.05) is 44.9 Å². The Bertz CT molecular complexity index is 387. The summed E-state index contributed by atoms with van der Waals surface area (Å²) in [5.41, 5.74) is 3.86. The molecule has 1 N–H and O–H groups in total. The van der Waals surface area contributed by atoms with Crippen molar-refractivity contribution in [1.29, 1.82) is 0 Å². The monoisotopic (exact) mass is 267 g/mol. The van der Waals surface area contributed by atoms with Crippen molar-refractivity contribution < 1.29 is 0 Å². The maximum Gasteiger partial charge on any atom is 0.0438 e. The summed E-state index contributed by atoms with van der Waals surface area (Å²) in [6.07, 6.45) is 2.48. The Morgan fingerprint density at radius 3 is 2.39 bits per heavy atom. The van der Waals surface area contributed by atoms with E-state index in [0.717, 1.165) is 11.6 Å². The van der Waals surface area contributed by atoms with Gasteiger partial charge in [0.15, 0.2) is 0 Å². The van der Waals surface area contributed by atoms with Crippen molar-refractivity contribution in [3.8, 4) is 0 Å². The number of aryl methyl sites for hydroxylation is 2. The van der Waals surface area contributed by atoms with Gasteiger partial charge in [0.1, 0.15) is 0 Å². The smallest absolute Gasteiger partial charge is 0.0438 e. The van der Waals surface area contributed by atoms with E-state index >= 15 is 0 Å². The molecule has 0 radical (unpaired) electrons. The van der Waals surface area contributed by atoms with Crippen LogP contribution in [0.5, 0.6) is 0 Å². The Kier molecular flexibility index (Phi) is 6.17. The first-order valence-corrected chi connectivity index (χ1v) is 7.39. The fourth-order valence-corrected chi connectivity index (χ4v) is 2.82. The van der Waals surface area contributed by atoms with Crippen LogP contribution in [0.3, 0.4) is 0 Å². The van der Waals surface area contributed by atoms with E-state index in [4.69, 9.17) is 11.6 Å². The molecule has 0 spiro atoms. The van der Waals surface area contributed by atoms with Gasteiger partial charge < -0.3 is 5.32 Å². The predicted octanol–water partition coefficient (Wildman–Crippen LogP) is 5.04. The molecule has 102 valence electrons. The number of hydrogen-bond donors (Lipinski definition) is 1. The van der Waals surface area contributed by atoms with Crippen LogP contribution in [0.1, 0.15) is 56.3 Å². The first-order chi connectivity index (χ1) is 8.51. The van der Waals surface area contributed by atoms with E-state index in [9.17, 15) is 0 Å². The summed E-state index contributed by atoms with van der Waals surface area (Å²) >= 11 is 6.19. The Morgan fingerprint density at radius 2 is 1.83 bits per heavy atom. The van der Waals surface area contributed by atoms with Crippen molar-refractivity contribution in [2.24, 2.45) is 5.92 Å². The Hall–Kier alpha value is -0.530. The van der Waals surface area contributed by atoms with Gasteiger partial charge in [0.05, 0.1) is 0 Å². The van der Waals surface area contributed by atoms with Crippen LogP contribution in [0.2, 0.25) is 5.02 Å². The van der Waals surface area contributed by atoms with Crippen LogP contribution in [0.4, 0.5) is 0 Å². The quantitative estimate of drug-likeness (QED) is 0.761. The third-order valence-corrected chi connectivity index (χ3v) is 4.03. The van der Waals surface area contributed by atoms with E-state index in [0.29, 0.717) is 12.0 Å². The Labute approximate surface area is 117 Å². The fourth-order valence-electron chi connectivity index (χ4n) is 2.60. The van der Waals surface area contributed by atoms with Crippen LogP contribution in [0.25, 0.3) is 0 Å². The van der Waals surface area contributed by atoms with Crippen LogP contribution in [-0.2, 0) is 0 Å². The molecule has 2 unspecified atom stereocenters. The molecule has 18 heavy (non-hydrogen) atoms. The van der Waals surface area contributed by atoms with E-state index < -0.39 is 0 Å². The summed E-state index contributed by atoms with van der Waals surface area (Å²) in [6.45, 7) is 12.0. The molecular formula is C16H26ClN. The molecule has 1 aromatic carbocycles. The SMILES string of the molecule is CCCC(C)C(NCC)c1cc(C)c(Cl)cc1C. The molecule has 1 nitrogen and oxygen atoms in total. The zero-order valence-electron chi connectivity index (χ0n) is 12.3. The van der Waals surface area contributed by atoms with Crippen molar-refractivity contribution >= 4 is 11.6 Å². The van der Waals surface area contributed by atoms with Crippen LogP contribution in [0.15, 0.2) is 12.1 Å². The molecule has 0 amide bonds. The summed E-state index contributed by atoms with van der Waals surface area (Å²) in [5, 5.41) is 4.50. The Morgan fingerprint density at radius 1 is 1.17 bits per heavy atom. The number of rotatable bonds is 6. The summed E-state index contributed by atoms with van der Waals surface area (Å²) in [5.74, 6) is 0.647. The second kappa shape index (κ2) is 7.16. The van der Waals surface area contributed by atoms with Gasteiger partial charge in [-0.25, -0.2) is 0 Å². The minimum Gasteiger partial charge on any atom is -0.310 e. The van der Waals surface area contributed by atoms with E-state index in [2.05, 4.69) is 52.1 Å². The topological polar surface area (TPSA) is 12.0 Å². The van der Waals surface area contributed by atoms with Gasteiger partial charge in [0.25, 0.3) is 0 Å². The van der Waals surface area contributed by atoms with E-state index in [-0.39, 0.29) is 0 Å². The van der Waals surface area contributed by atoms with Crippen molar-refractivity contribution in [2.45, 2.75) is 53.5 Å². The lowest BCUT2D eigenvalue weighted by Crippen LogP contribution is -2.27. The fraction of sp³-hybridized carbons (Fsp3) is 0.625. The lowest BCUT2D eigenvalue weighted by atomic mass is 9.88. The van der Waals surface area contributed by atoms with Crippen LogP contribution in [0, 0.1) is 19.8 Å². The molecule has 2 atom stereocenters. The molecule has 0 heterocycles. The molecule has 1 aromatic rings. The highest BCUT2D eigenvalue weighted by Crippen LogP contribution is 2.31. The highest BCUT2D eigenvalue weighted by atomic mass is 35.5. The Balaban J connectivity index is 3.08. The average molecular weight is 268 g/mol. The first kappa shape index (κ1) is 15.5. The van der Waals surface area contributed by atoms with Gasteiger partial charge in [0, 0.05) is 11.1 Å². The highest BCUT2D eigenvalue weighted by Gasteiger charge is 2.20. The molecule has 0 aliphatic heterocycles. The van der Waals surface area contributed by atoms with Crippen molar-refractivity contribution in [3.63, 3.8) is 0 Å². The van der Waals surface area contributed by atoms with Crippen molar-refractivity contribution in [3.05, 3.63) is 33.8 Å². The van der Waals surface area contributed by atoms with Crippen molar-refractivity contribution in [2.75, 3.05) is 6.54 Å². The first-order valence-electron chi connectivity index (χ1n) is 7.01.